The predicted octanol–water partition coefficient (Wildman–Crippen LogP) is 3.79. The molecule has 35 heavy (non-hydrogen) atoms. The molecule has 2 aromatic heterocycles. The van der Waals surface area contributed by atoms with E-state index in [0.29, 0.717) is 24.5 Å². The molecule has 1 unspecified atom stereocenters. The van der Waals surface area contributed by atoms with Crippen molar-refractivity contribution in [1.82, 2.24) is 9.80 Å². The molecule has 0 spiro atoms. The molecule has 1 aliphatic carbocycles. The molecule has 1 saturated heterocycles. The highest BCUT2D eigenvalue weighted by atomic mass is 79.9. The highest BCUT2D eigenvalue weighted by Gasteiger charge is 2.39. The molecular formula is C26H27Br2ClN4O2+2. The number of aromatic nitrogens is 2. The van der Waals surface area contributed by atoms with Gasteiger partial charge in [-0.15, -0.1) is 0 Å². The molecule has 1 fully saturated rings. The van der Waals surface area contributed by atoms with Crippen molar-refractivity contribution in [2.45, 2.75) is 25.3 Å². The van der Waals surface area contributed by atoms with Gasteiger partial charge in [0, 0.05) is 53.1 Å². The largest absolute Gasteiger partial charge is 0.340 e. The smallest absolute Gasteiger partial charge is 0.258 e. The number of carbonyl (C=O) groups excluding carboxylic acids is 1. The molecule has 1 aromatic carbocycles. The van der Waals surface area contributed by atoms with E-state index < -0.39 is 0 Å². The van der Waals surface area contributed by atoms with Crippen molar-refractivity contribution in [2.24, 2.45) is 7.05 Å². The molecule has 0 radical (unpaired) electrons. The Labute approximate surface area is 227 Å². The Kier molecular flexibility index (Phi) is 7.17. The van der Waals surface area contributed by atoms with Crippen molar-refractivity contribution >= 4 is 49.4 Å². The van der Waals surface area contributed by atoms with Gasteiger partial charge in [0.25, 0.3) is 5.69 Å². The first-order chi connectivity index (χ1) is 16.8. The van der Waals surface area contributed by atoms with Crippen LogP contribution in [0.5, 0.6) is 0 Å². The third kappa shape index (κ3) is 4.99. The van der Waals surface area contributed by atoms with Crippen LogP contribution in [0.1, 0.15) is 34.0 Å². The Morgan fingerprint density at radius 1 is 1.11 bits per heavy atom. The second kappa shape index (κ2) is 10.2. The van der Waals surface area contributed by atoms with E-state index >= 15 is 0 Å². The summed E-state index contributed by atoms with van der Waals surface area (Å²) in [5, 5.41) is 11.7. The number of rotatable bonds is 3. The maximum atomic E-state index is 13.0. The van der Waals surface area contributed by atoms with Crippen LogP contribution in [0.25, 0.3) is 0 Å². The number of amides is 1. The average Bonchev–Trinajstić information content (AvgIpc) is 3.00. The van der Waals surface area contributed by atoms with Crippen LogP contribution in [0.2, 0.25) is 5.02 Å². The van der Waals surface area contributed by atoms with Gasteiger partial charge in [0.2, 0.25) is 12.1 Å². The average molecular weight is 623 g/mol. The van der Waals surface area contributed by atoms with Gasteiger partial charge in [-0.05, 0) is 73.5 Å². The van der Waals surface area contributed by atoms with E-state index in [-0.39, 0.29) is 11.9 Å². The summed E-state index contributed by atoms with van der Waals surface area (Å²) >= 11 is 13.7. The number of halogens is 3. The topological polar surface area (TPSA) is 51.5 Å². The summed E-state index contributed by atoms with van der Waals surface area (Å²) in [5.41, 5.74) is 5.31. The van der Waals surface area contributed by atoms with Crippen molar-refractivity contribution in [1.29, 1.82) is 0 Å². The minimum atomic E-state index is -0.138. The van der Waals surface area contributed by atoms with E-state index in [0.717, 1.165) is 57.3 Å². The summed E-state index contributed by atoms with van der Waals surface area (Å²) in [4.78, 5) is 17.3. The van der Waals surface area contributed by atoms with Crippen molar-refractivity contribution in [2.75, 3.05) is 26.2 Å². The molecule has 9 heteroatoms. The lowest BCUT2D eigenvalue weighted by atomic mass is 9.96. The van der Waals surface area contributed by atoms with Crippen LogP contribution in [-0.4, -0.2) is 47.1 Å². The SMILES string of the molecule is C[n+]1ccc(CC(=O)N2CCN(C3c4ccc(Cl)c(Br)c4CCc4cc(Br)c[n+](O)c43)CC2)cc1. The Bertz CT molecular complexity index is 1280. The minimum absolute atomic E-state index is 0.138. The summed E-state index contributed by atoms with van der Waals surface area (Å²) in [6, 6.07) is 9.94. The maximum absolute atomic E-state index is 13.0. The zero-order chi connectivity index (χ0) is 24.7. The van der Waals surface area contributed by atoms with Crippen molar-refractivity contribution in [3.05, 3.63) is 90.8 Å². The van der Waals surface area contributed by atoms with Gasteiger partial charge in [0.1, 0.15) is 13.1 Å². The van der Waals surface area contributed by atoms with Crippen LogP contribution in [0, 0.1) is 0 Å². The quantitative estimate of drug-likeness (QED) is 0.358. The fourth-order valence-corrected chi connectivity index (χ4v) is 6.38. The number of pyridine rings is 2. The first kappa shape index (κ1) is 24.7. The van der Waals surface area contributed by atoms with Crippen LogP contribution in [-0.2, 0) is 31.1 Å². The van der Waals surface area contributed by atoms with Crippen molar-refractivity contribution in [3.8, 4) is 0 Å². The Hall–Kier alpha value is -2.00. The number of nitrogens with zero attached hydrogens (tertiary/aromatic N) is 4. The van der Waals surface area contributed by atoms with Crippen LogP contribution >= 0.6 is 43.5 Å². The van der Waals surface area contributed by atoms with Gasteiger partial charge in [0.15, 0.2) is 12.4 Å². The predicted molar refractivity (Wildman–Crippen MR) is 139 cm³/mol. The zero-order valence-corrected chi connectivity index (χ0v) is 23.4. The number of hydrogen-bond acceptors (Lipinski definition) is 3. The number of hydrogen-bond donors (Lipinski definition) is 1. The molecule has 3 heterocycles. The van der Waals surface area contributed by atoms with E-state index in [1.165, 1.54) is 10.3 Å². The first-order valence-corrected chi connectivity index (χ1v) is 13.6. The van der Waals surface area contributed by atoms with Gasteiger partial charge in [-0.3, -0.25) is 14.9 Å². The summed E-state index contributed by atoms with van der Waals surface area (Å²) in [7, 11) is 1.97. The fourth-order valence-electron chi connectivity index (χ4n) is 5.17. The van der Waals surface area contributed by atoms with Gasteiger partial charge in [0.05, 0.1) is 15.9 Å². The van der Waals surface area contributed by atoms with Gasteiger partial charge in [-0.2, -0.15) is 0 Å². The molecule has 0 bridgehead atoms. The molecule has 1 N–H and O–H groups in total. The Morgan fingerprint density at radius 2 is 1.83 bits per heavy atom. The number of aryl methyl sites for hydroxylation is 2. The van der Waals surface area contributed by atoms with Gasteiger partial charge in [-0.25, -0.2) is 4.57 Å². The van der Waals surface area contributed by atoms with Crippen molar-refractivity contribution in [3.63, 3.8) is 0 Å². The normalized spacial score (nSPS) is 18.1. The van der Waals surface area contributed by atoms with Gasteiger partial charge < -0.3 is 4.90 Å². The van der Waals surface area contributed by atoms with E-state index in [2.05, 4.69) is 48.9 Å². The number of piperazine rings is 1. The van der Waals surface area contributed by atoms with Crippen LogP contribution in [0.3, 0.4) is 0 Å². The van der Waals surface area contributed by atoms with E-state index in [1.54, 1.807) is 6.20 Å². The third-order valence-electron chi connectivity index (χ3n) is 7.00. The van der Waals surface area contributed by atoms with Crippen LogP contribution in [0.4, 0.5) is 0 Å². The lowest BCUT2D eigenvalue weighted by Crippen LogP contribution is -2.52. The van der Waals surface area contributed by atoms with E-state index in [1.807, 2.05) is 47.1 Å². The molecule has 6 nitrogen and oxygen atoms in total. The molecule has 1 atom stereocenters. The van der Waals surface area contributed by atoms with E-state index in [9.17, 15) is 10.0 Å². The lowest BCUT2D eigenvalue weighted by Gasteiger charge is -2.38. The molecule has 2 aliphatic rings. The summed E-state index contributed by atoms with van der Waals surface area (Å²) in [5.74, 6) is 0.149. The highest BCUT2D eigenvalue weighted by molar-refractivity contribution is 9.10. The third-order valence-corrected chi connectivity index (χ3v) is 8.88. The minimum Gasteiger partial charge on any atom is -0.340 e. The van der Waals surface area contributed by atoms with Crippen molar-refractivity contribution < 1.29 is 19.3 Å². The molecule has 3 aromatic rings. The molecular weight excluding hydrogens is 596 g/mol. The standard InChI is InChI=1S/C26H27Br2ClN4O2/c1-30-8-6-17(7-9-30)14-23(34)31-10-12-32(13-11-31)26-21-4-5-22(29)24(28)20(21)3-2-18-15-19(27)16-33(35)25(18)26/h4-9,15-16,26,35H,2-3,10-14H2,1H3/q+2. The number of carbonyl (C=O) groups is 1. The maximum Gasteiger partial charge on any atom is 0.258 e. The molecule has 0 saturated carbocycles. The molecule has 1 amide bonds. The number of fused-ring (bicyclic) bond motifs is 2. The second-order valence-corrected chi connectivity index (χ2v) is 11.3. The Morgan fingerprint density at radius 3 is 2.54 bits per heavy atom. The Balaban J connectivity index is 1.42. The van der Waals surface area contributed by atoms with Crippen LogP contribution < -0.4 is 9.30 Å². The number of benzene rings is 1. The fraction of sp³-hybridized carbons (Fsp3) is 0.346. The molecule has 5 rings (SSSR count). The van der Waals surface area contributed by atoms with Gasteiger partial charge in [-0.1, -0.05) is 17.7 Å². The monoisotopic (exact) mass is 620 g/mol. The molecule has 1 aliphatic heterocycles. The second-order valence-electron chi connectivity index (χ2n) is 9.21. The zero-order valence-electron chi connectivity index (χ0n) is 19.4. The summed E-state index contributed by atoms with van der Waals surface area (Å²) in [6.45, 7) is 2.74. The highest BCUT2D eigenvalue weighted by Crippen LogP contribution is 2.41. The molecule has 182 valence electrons. The van der Waals surface area contributed by atoms with Crippen LogP contribution in [0.15, 0.2) is 57.9 Å². The summed E-state index contributed by atoms with van der Waals surface area (Å²) < 4.78 is 4.98. The summed E-state index contributed by atoms with van der Waals surface area (Å²) in [6.07, 6.45) is 7.66. The lowest BCUT2D eigenvalue weighted by molar-refractivity contribution is -0.911. The van der Waals surface area contributed by atoms with E-state index in [4.69, 9.17) is 11.6 Å². The first-order valence-electron chi connectivity index (χ1n) is 11.7. The van der Waals surface area contributed by atoms with Gasteiger partial charge >= 0.3 is 0 Å².